The molecule has 0 saturated heterocycles. The lowest BCUT2D eigenvalue weighted by atomic mass is 10.5. The highest BCUT2D eigenvalue weighted by Crippen LogP contribution is 1.72. The van der Waals surface area contributed by atoms with Gasteiger partial charge < -0.3 is 4.72 Å². The van der Waals surface area contributed by atoms with Gasteiger partial charge in [-0.2, -0.15) is 0 Å². The molecule has 0 aromatic carbocycles. The first-order chi connectivity index (χ1) is 2.81. The average Bonchev–Trinajstić information content (AvgIpc) is 1.65. The first-order valence-corrected chi connectivity index (χ1v) is 2.19. The van der Waals surface area contributed by atoms with Crippen molar-refractivity contribution in [1.82, 2.24) is 4.72 Å². The zero-order valence-corrected chi connectivity index (χ0v) is 4.46. The molecule has 0 aliphatic carbocycles. The maximum atomic E-state index is 9.99. The molecule has 0 heterocycles. The predicted octanol–water partition coefficient (Wildman–Crippen LogP) is 0.357. The summed E-state index contributed by atoms with van der Waals surface area (Å²) in [6, 6.07) is 0. The Hall–Kier alpha value is -0.180. The van der Waals surface area contributed by atoms with E-state index in [1.807, 2.05) is 0 Å². The van der Waals surface area contributed by atoms with Crippen molar-refractivity contribution in [3.8, 4) is 0 Å². The Morgan fingerprint density at radius 1 is 2.00 bits per heavy atom. The van der Waals surface area contributed by atoms with Gasteiger partial charge in [-0.15, -0.1) is 0 Å². The first kappa shape index (κ1) is 5.82. The van der Waals surface area contributed by atoms with E-state index in [0.29, 0.717) is 6.42 Å². The second kappa shape index (κ2) is 3.03. The largest absolute Gasteiger partial charge is 0.303 e. The van der Waals surface area contributed by atoms with Crippen LogP contribution in [0, 0.1) is 0 Å². The minimum Gasteiger partial charge on any atom is -0.303 e. The maximum Gasteiger partial charge on any atom is 0.229 e. The molecular formula is C3H7NOS. The summed E-state index contributed by atoms with van der Waals surface area (Å²) in [6.07, 6.45) is 0.503. The molecule has 0 bridgehead atoms. The zero-order valence-electron chi connectivity index (χ0n) is 3.56. The Kier molecular flexibility index (Phi) is 2.94. The SMILES string of the molecule is CCC(=O)NS. The van der Waals surface area contributed by atoms with E-state index in [-0.39, 0.29) is 5.91 Å². The van der Waals surface area contributed by atoms with Crippen molar-refractivity contribution < 1.29 is 4.79 Å². The van der Waals surface area contributed by atoms with Gasteiger partial charge in [0.05, 0.1) is 0 Å². The van der Waals surface area contributed by atoms with Crippen molar-refractivity contribution in [2.45, 2.75) is 13.3 Å². The molecule has 36 valence electrons. The molecule has 0 radical (unpaired) electrons. The third kappa shape index (κ3) is 2.08. The molecular weight excluding hydrogens is 98.1 g/mol. The predicted molar refractivity (Wildman–Crippen MR) is 27.4 cm³/mol. The molecule has 0 unspecified atom stereocenters. The molecule has 0 aromatic rings. The van der Waals surface area contributed by atoms with E-state index in [1.54, 1.807) is 6.92 Å². The summed E-state index contributed by atoms with van der Waals surface area (Å²) < 4.78 is 2.17. The Morgan fingerprint density at radius 3 is 2.50 bits per heavy atom. The van der Waals surface area contributed by atoms with Gasteiger partial charge in [0, 0.05) is 6.42 Å². The standard InChI is InChI=1S/C3H7NOS/c1-2-3(5)4-6/h6H,2H2,1H3,(H,4,5). The van der Waals surface area contributed by atoms with Gasteiger partial charge in [-0.25, -0.2) is 0 Å². The van der Waals surface area contributed by atoms with Crippen LogP contribution >= 0.6 is 12.8 Å². The molecule has 0 aromatic heterocycles. The van der Waals surface area contributed by atoms with Gasteiger partial charge in [0.15, 0.2) is 0 Å². The number of carbonyl (C=O) groups is 1. The number of amides is 1. The molecule has 0 fully saturated rings. The lowest BCUT2D eigenvalue weighted by Crippen LogP contribution is -2.09. The van der Waals surface area contributed by atoms with Crippen molar-refractivity contribution in [3.05, 3.63) is 0 Å². The van der Waals surface area contributed by atoms with Crippen LogP contribution in [0.15, 0.2) is 0 Å². The molecule has 3 heteroatoms. The van der Waals surface area contributed by atoms with Crippen molar-refractivity contribution in [2.75, 3.05) is 0 Å². The number of carbonyl (C=O) groups excluding carboxylic acids is 1. The van der Waals surface area contributed by atoms with Crippen LogP contribution in [-0.2, 0) is 4.79 Å². The molecule has 0 saturated carbocycles. The zero-order chi connectivity index (χ0) is 4.99. The fourth-order valence-corrected chi connectivity index (χ4v) is 0.237. The second-order valence-electron chi connectivity index (χ2n) is 0.889. The fraction of sp³-hybridized carbons (Fsp3) is 0.667. The van der Waals surface area contributed by atoms with Crippen molar-refractivity contribution in [1.29, 1.82) is 0 Å². The number of hydrogen-bond donors (Lipinski definition) is 2. The van der Waals surface area contributed by atoms with E-state index < -0.39 is 0 Å². The highest BCUT2D eigenvalue weighted by atomic mass is 32.1. The molecule has 1 N–H and O–H groups in total. The monoisotopic (exact) mass is 105 g/mol. The Labute approximate surface area is 42.5 Å². The highest BCUT2D eigenvalue weighted by molar-refractivity contribution is 7.78. The lowest BCUT2D eigenvalue weighted by molar-refractivity contribution is -0.118. The number of nitrogens with one attached hydrogen (secondary N) is 1. The van der Waals surface area contributed by atoms with Crippen LogP contribution < -0.4 is 4.72 Å². The molecule has 1 amide bonds. The summed E-state index contributed by atoms with van der Waals surface area (Å²) in [6.45, 7) is 1.77. The molecule has 0 spiro atoms. The summed E-state index contributed by atoms with van der Waals surface area (Å²) in [5.74, 6) is -0.0432. The van der Waals surface area contributed by atoms with Gasteiger partial charge in [-0.3, -0.25) is 4.79 Å². The van der Waals surface area contributed by atoms with Gasteiger partial charge in [0.2, 0.25) is 5.91 Å². The van der Waals surface area contributed by atoms with E-state index in [2.05, 4.69) is 17.5 Å². The second-order valence-corrected chi connectivity index (χ2v) is 1.11. The van der Waals surface area contributed by atoms with Crippen molar-refractivity contribution >= 4 is 18.7 Å². The summed E-state index contributed by atoms with van der Waals surface area (Å²) in [5.41, 5.74) is 0. The number of rotatable bonds is 1. The topological polar surface area (TPSA) is 29.1 Å². The number of thiol groups is 1. The van der Waals surface area contributed by atoms with E-state index in [9.17, 15) is 4.79 Å². The van der Waals surface area contributed by atoms with E-state index in [4.69, 9.17) is 0 Å². The van der Waals surface area contributed by atoms with Crippen LogP contribution in [0.3, 0.4) is 0 Å². The summed E-state index contributed by atoms with van der Waals surface area (Å²) in [4.78, 5) is 9.99. The molecule has 6 heavy (non-hydrogen) atoms. The quantitative estimate of drug-likeness (QED) is 0.463. The summed E-state index contributed by atoms with van der Waals surface area (Å²) in [5, 5.41) is 0. The number of hydrogen-bond acceptors (Lipinski definition) is 2. The van der Waals surface area contributed by atoms with Crippen LogP contribution in [0.4, 0.5) is 0 Å². The van der Waals surface area contributed by atoms with Crippen LogP contribution in [0.2, 0.25) is 0 Å². The average molecular weight is 105 g/mol. The third-order valence-corrected chi connectivity index (χ3v) is 0.695. The smallest absolute Gasteiger partial charge is 0.229 e. The lowest BCUT2D eigenvalue weighted by Gasteiger charge is -1.85. The van der Waals surface area contributed by atoms with Gasteiger partial charge in [-0.05, 0) is 0 Å². The van der Waals surface area contributed by atoms with Gasteiger partial charge in [-0.1, -0.05) is 19.7 Å². The third-order valence-electron chi connectivity index (χ3n) is 0.446. The van der Waals surface area contributed by atoms with Crippen molar-refractivity contribution in [2.24, 2.45) is 0 Å². The Bertz CT molecular complexity index is 48.8. The summed E-state index contributed by atoms with van der Waals surface area (Å²) in [7, 11) is 0. The molecule has 2 nitrogen and oxygen atoms in total. The Balaban J connectivity index is 2.99. The highest BCUT2D eigenvalue weighted by Gasteiger charge is 1.85. The minimum absolute atomic E-state index is 0.0432. The normalized spacial score (nSPS) is 7.67. The van der Waals surface area contributed by atoms with E-state index in [0.717, 1.165) is 0 Å². The van der Waals surface area contributed by atoms with Crippen LogP contribution in [0.5, 0.6) is 0 Å². The van der Waals surface area contributed by atoms with Gasteiger partial charge >= 0.3 is 0 Å². The van der Waals surface area contributed by atoms with Crippen LogP contribution in [0.25, 0.3) is 0 Å². The van der Waals surface area contributed by atoms with Crippen molar-refractivity contribution in [3.63, 3.8) is 0 Å². The van der Waals surface area contributed by atoms with E-state index >= 15 is 0 Å². The first-order valence-electron chi connectivity index (χ1n) is 1.74. The van der Waals surface area contributed by atoms with E-state index in [1.165, 1.54) is 0 Å². The molecule has 0 rings (SSSR count). The molecule has 0 aliphatic rings. The Morgan fingerprint density at radius 2 is 2.50 bits per heavy atom. The van der Waals surface area contributed by atoms with Gasteiger partial charge in [0.25, 0.3) is 0 Å². The van der Waals surface area contributed by atoms with Gasteiger partial charge in [0.1, 0.15) is 0 Å². The maximum absolute atomic E-state index is 9.99. The summed E-state index contributed by atoms with van der Waals surface area (Å²) >= 11 is 3.50. The van der Waals surface area contributed by atoms with Crippen LogP contribution in [-0.4, -0.2) is 5.91 Å². The molecule has 0 aliphatic heterocycles. The van der Waals surface area contributed by atoms with Crippen LogP contribution in [0.1, 0.15) is 13.3 Å². The molecule has 0 atom stereocenters. The fourth-order valence-electron chi connectivity index (χ4n) is 0.0791. The minimum atomic E-state index is -0.0432.